The van der Waals surface area contributed by atoms with Gasteiger partial charge < -0.3 is 15.8 Å². The molecule has 41 heavy (non-hydrogen) atoms. The van der Waals surface area contributed by atoms with Gasteiger partial charge in [0.2, 0.25) is 0 Å². The Labute approximate surface area is 239 Å². The summed E-state index contributed by atoms with van der Waals surface area (Å²) in [5.41, 5.74) is 12.2. The highest BCUT2D eigenvalue weighted by molar-refractivity contribution is 5.99. The molecule has 1 aliphatic carbocycles. The van der Waals surface area contributed by atoms with Gasteiger partial charge in [-0.1, -0.05) is 36.4 Å². The lowest BCUT2D eigenvalue weighted by Gasteiger charge is -2.41. The largest absolute Gasteiger partial charge is 0.395 e. The number of hydrogen-bond donors (Lipinski definition) is 3. The van der Waals surface area contributed by atoms with E-state index in [1.807, 2.05) is 6.07 Å². The van der Waals surface area contributed by atoms with Gasteiger partial charge in [0.25, 0.3) is 0 Å². The first kappa shape index (κ1) is 26.1. The molecular weight excluding hydrogens is 514 g/mol. The van der Waals surface area contributed by atoms with Crippen LogP contribution < -0.4 is 5.73 Å². The molecule has 1 aliphatic heterocycles. The molecule has 7 rings (SSSR count). The zero-order valence-electron chi connectivity index (χ0n) is 23.3. The first-order chi connectivity index (χ1) is 20.2. The summed E-state index contributed by atoms with van der Waals surface area (Å²) in [7, 11) is 0. The van der Waals surface area contributed by atoms with Gasteiger partial charge in [0.1, 0.15) is 23.7 Å². The van der Waals surface area contributed by atoms with E-state index in [1.54, 1.807) is 6.33 Å². The highest BCUT2D eigenvalue weighted by Gasteiger charge is 2.31. The lowest BCUT2D eigenvalue weighted by Crippen LogP contribution is -2.51. The number of fused-ring (bicyclic) bond motifs is 2. The van der Waals surface area contributed by atoms with Crippen LogP contribution in [0.15, 0.2) is 54.9 Å². The van der Waals surface area contributed by atoms with Gasteiger partial charge in [-0.05, 0) is 43.4 Å². The average Bonchev–Trinajstić information content (AvgIpc) is 3.60. The fourth-order valence-electron chi connectivity index (χ4n) is 6.69. The number of aliphatic hydroxyl groups excluding tert-OH is 1. The summed E-state index contributed by atoms with van der Waals surface area (Å²) >= 11 is 0. The third-order valence-corrected chi connectivity index (χ3v) is 8.89. The Bertz CT molecular complexity index is 1630. The Morgan fingerprint density at radius 1 is 0.927 bits per heavy atom. The standard InChI is InChI=1S/C31H37N9O/c32-30-28-29(22-6-11-25-26(19-22)36-27(35-25)18-21-4-2-1-3-5-21)37-40(31(28)34-20-33-30)24-9-7-23(8-10-24)39-14-12-38(13-15-39)16-17-41/h1-6,11,19-20,23-24,41H,7-10,12-18H2,(H,35,36)(H2,32,33,34)/t23-,24+. The van der Waals surface area contributed by atoms with Crippen LogP contribution in [0.25, 0.3) is 33.3 Å². The molecule has 2 aromatic carbocycles. The Hall–Kier alpha value is -3.86. The number of nitrogens with zero attached hydrogens (tertiary/aromatic N) is 7. The molecule has 0 bridgehead atoms. The lowest BCUT2D eigenvalue weighted by atomic mass is 9.90. The predicted octanol–water partition coefficient (Wildman–Crippen LogP) is 3.64. The molecule has 0 amide bonds. The molecule has 0 unspecified atom stereocenters. The molecular formula is C31H37N9O. The molecule has 4 N–H and O–H groups in total. The minimum Gasteiger partial charge on any atom is -0.395 e. The van der Waals surface area contributed by atoms with Gasteiger partial charge in [-0.25, -0.2) is 19.6 Å². The van der Waals surface area contributed by atoms with Gasteiger partial charge in [0, 0.05) is 50.7 Å². The van der Waals surface area contributed by atoms with Crippen LogP contribution >= 0.6 is 0 Å². The summed E-state index contributed by atoms with van der Waals surface area (Å²) in [4.78, 5) is 22.3. The Morgan fingerprint density at radius 3 is 2.49 bits per heavy atom. The van der Waals surface area contributed by atoms with Crippen molar-refractivity contribution in [3.63, 3.8) is 0 Å². The number of benzene rings is 2. The van der Waals surface area contributed by atoms with Gasteiger partial charge in [-0.2, -0.15) is 5.10 Å². The summed E-state index contributed by atoms with van der Waals surface area (Å²) < 4.78 is 2.10. The molecule has 1 saturated heterocycles. The molecule has 0 atom stereocenters. The van der Waals surface area contributed by atoms with Gasteiger partial charge in [0.05, 0.1) is 29.1 Å². The normalized spacial score (nSPS) is 20.7. The van der Waals surface area contributed by atoms with Crippen LogP contribution in [0, 0.1) is 0 Å². The molecule has 2 aliphatic rings. The van der Waals surface area contributed by atoms with E-state index >= 15 is 0 Å². The van der Waals surface area contributed by atoms with Crippen LogP contribution in [-0.4, -0.2) is 90.0 Å². The first-order valence-corrected chi connectivity index (χ1v) is 14.7. The number of aromatic amines is 1. The number of imidazole rings is 1. The number of β-amino-alcohol motifs (C(OH)–C–C–N with tert-alkyl or cyclic N) is 1. The third-order valence-electron chi connectivity index (χ3n) is 8.89. The molecule has 212 valence electrons. The van der Waals surface area contributed by atoms with Crippen LogP contribution in [-0.2, 0) is 6.42 Å². The van der Waals surface area contributed by atoms with E-state index in [1.165, 1.54) is 5.56 Å². The van der Waals surface area contributed by atoms with Crippen molar-refractivity contribution in [1.82, 2.24) is 39.5 Å². The molecule has 10 heteroatoms. The Morgan fingerprint density at radius 2 is 1.71 bits per heavy atom. The number of anilines is 1. The first-order valence-electron chi connectivity index (χ1n) is 14.7. The summed E-state index contributed by atoms with van der Waals surface area (Å²) in [5, 5.41) is 15.2. The van der Waals surface area contributed by atoms with Crippen molar-refractivity contribution in [2.24, 2.45) is 0 Å². The van der Waals surface area contributed by atoms with Gasteiger partial charge >= 0.3 is 0 Å². The van der Waals surface area contributed by atoms with Crippen molar-refractivity contribution in [1.29, 1.82) is 0 Å². The SMILES string of the molecule is Nc1ncnc2c1c(-c1ccc3[nH]c(Cc4ccccc4)nc3c1)nn2[C@H]1CC[C@@H](N2CCN(CCO)CC2)CC1. The third kappa shape index (κ3) is 5.18. The van der Waals surface area contributed by atoms with Crippen molar-refractivity contribution in [3.05, 3.63) is 66.2 Å². The van der Waals surface area contributed by atoms with Crippen molar-refractivity contribution < 1.29 is 5.11 Å². The van der Waals surface area contributed by atoms with Gasteiger partial charge in [-0.3, -0.25) is 9.80 Å². The second kappa shape index (κ2) is 11.2. The summed E-state index contributed by atoms with van der Waals surface area (Å²) in [6.45, 7) is 5.26. The molecule has 0 radical (unpaired) electrons. The van der Waals surface area contributed by atoms with Crippen LogP contribution in [0.2, 0.25) is 0 Å². The van der Waals surface area contributed by atoms with E-state index < -0.39 is 0 Å². The van der Waals surface area contributed by atoms with Gasteiger partial charge in [0.15, 0.2) is 5.65 Å². The number of H-pyrrole nitrogens is 1. The summed E-state index contributed by atoms with van der Waals surface area (Å²) in [6, 6.07) is 17.5. The van der Waals surface area contributed by atoms with Crippen molar-refractivity contribution in [3.8, 4) is 11.3 Å². The second-order valence-electron chi connectivity index (χ2n) is 11.4. The van der Waals surface area contributed by atoms with E-state index in [-0.39, 0.29) is 12.6 Å². The minimum absolute atomic E-state index is 0.240. The topological polar surface area (TPSA) is 125 Å². The van der Waals surface area contributed by atoms with Crippen LogP contribution in [0.1, 0.15) is 43.1 Å². The van der Waals surface area contributed by atoms with Crippen LogP contribution in [0.4, 0.5) is 5.82 Å². The number of nitrogen functional groups attached to an aromatic ring is 1. The molecule has 3 aromatic heterocycles. The monoisotopic (exact) mass is 551 g/mol. The highest BCUT2D eigenvalue weighted by atomic mass is 16.3. The maximum atomic E-state index is 9.25. The number of piperazine rings is 1. The number of aliphatic hydroxyl groups is 1. The van der Waals surface area contributed by atoms with Crippen molar-refractivity contribution in [2.45, 2.75) is 44.2 Å². The molecule has 10 nitrogen and oxygen atoms in total. The van der Waals surface area contributed by atoms with E-state index in [0.717, 1.165) is 104 Å². The van der Waals surface area contributed by atoms with E-state index in [2.05, 4.69) is 71.9 Å². The van der Waals surface area contributed by atoms with Crippen LogP contribution in [0.5, 0.6) is 0 Å². The predicted molar refractivity (Wildman–Crippen MR) is 160 cm³/mol. The number of nitrogens with one attached hydrogen (secondary N) is 1. The number of aromatic nitrogens is 6. The average molecular weight is 552 g/mol. The number of hydrogen-bond acceptors (Lipinski definition) is 8. The number of nitrogens with two attached hydrogens (primary N) is 1. The summed E-state index contributed by atoms with van der Waals surface area (Å²) in [5.74, 6) is 1.39. The van der Waals surface area contributed by atoms with Crippen LogP contribution in [0.3, 0.4) is 0 Å². The van der Waals surface area contributed by atoms with Crippen molar-refractivity contribution in [2.75, 3.05) is 45.1 Å². The maximum absolute atomic E-state index is 9.25. The lowest BCUT2D eigenvalue weighted by molar-refractivity contribution is 0.0629. The maximum Gasteiger partial charge on any atom is 0.164 e. The molecule has 1 saturated carbocycles. The molecule has 5 aromatic rings. The second-order valence-corrected chi connectivity index (χ2v) is 11.4. The molecule has 2 fully saturated rings. The van der Waals surface area contributed by atoms with E-state index in [0.29, 0.717) is 11.9 Å². The molecule has 0 spiro atoms. The van der Waals surface area contributed by atoms with E-state index in [9.17, 15) is 5.11 Å². The Kier molecular flexibility index (Phi) is 7.12. The smallest absolute Gasteiger partial charge is 0.164 e. The van der Waals surface area contributed by atoms with E-state index in [4.69, 9.17) is 15.8 Å². The highest BCUT2D eigenvalue weighted by Crippen LogP contribution is 2.37. The Balaban J connectivity index is 1.13. The zero-order chi connectivity index (χ0) is 27.8. The molecule has 4 heterocycles. The quantitative estimate of drug-likeness (QED) is 0.280. The van der Waals surface area contributed by atoms with Gasteiger partial charge in [-0.15, -0.1) is 0 Å². The fourth-order valence-corrected chi connectivity index (χ4v) is 6.69. The van der Waals surface area contributed by atoms with Crippen molar-refractivity contribution >= 4 is 27.9 Å². The summed E-state index contributed by atoms with van der Waals surface area (Å²) in [6.07, 6.45) is 6.70. The number of rotatable bonds is 7. The zero-order valence-corrected chi connectivity index (χ0v) is 23.3. The minimum atomic E-state index is 0.240. The fraction of sp³-hybridized carbons (Fsp3) is 0.419.